The first-order valence-electron chi connectivity index (χ1n) is 14.2. The van der Waals surface area contributed by atoms with Crippen LogP contribution in [0.15, 0.2) is 140 Å². The number of thiophene rings is 1. The molecule has 1 aliphatic carbocycles. The van der Waals surface area contributed by atoms with Crippen LogP contribution in [0, 0.1) is 0 Å². The van der Waals surface area contributed by atoms with Crippen LogP contribution in [0.4, 0.5) is 17.1 Å². The summed E-state index contributed by atoms with van der Waals surface area (Å²) < 4.78 is 2.64. The van der Waals surface area contributed by atoms with E-state index in [1.54, 1.807) is 0 Å². The molecule has 0 atom stereocenters. The fraction of sp³-hybridized carbons (Fsp3) is 0.0769. The Morgan fingerprint density at radius 1 is 0.463 bits per heavy atom. The molecule has 0 saturated carbocycles. The van der Waals surface area contributed by atoms with Crippen molar-refractivity contribution in [3.05, 3.63) is 151 Å². The molecule has 0 aliphatic heterocycles. The van der Waals surface area contributed by atoms with Crippen molar-refractivity contribution in [2.24, 2.45) is 0 Å². The molecule has 0 amide bonds. The smallest absolute Gasteiger partial charge is 0.0476 e. The summed E-state index contributed by atoms with van der Waals surface area (Å²) in [6, 6.07) is 51.1. The Morgan fingerprint density at radius 3 is 1.95 bits per heavy atom. The molecule has 0 bridgehead atoms. The minimum Gasteiger partial charge on any atom is -0.310 e. The number of hydrogen-bond donors (Lipinski definition) is 0. The third kappa shape index (κ3) is 3.83. The molecule has 41 heavy (non-hydrogen) atoms. The van der Waals surface area contributed by atoms with E-state index in [0.29, 0.717) is 0 Å². The zero-order valence-corrected chi connectivity index (χ0v) is 24.0. The van der Waals surface area contributed by atoms with Gasteiger partial charge in [0.15, 0.2) is 0 Å². The van der Waals surface area contributed by atoms with Crippen molar-refractivity contribution in [2.45, 2.75) is 19.3 Å². The van der Waals surface area contributed by atoms with Gasteiger partial charge in [-0.25, -0.2) is 0 Å². The zero-order chi connectivity index (χ0) is 27.6. The first-order valence-corrected chi connectivity index (χ1v) is 15.0. The normalized spacial score (nSPS) is 13.3. The van der Waals surface area contributed by atoms with E-state index in [1.807, 2.05) is 11.3 Å². The van der Waals surface area contributed by atoms with Crippen molar-refractivity contribution < 1.29 is 0 Å². The van der Waals surface area contributed by atoms with E-state index in [0.717, 1.165) is 11.4 Å². The Kier molecular flexibility index (Phi) is 5.42. The Morgan fingerprint density at radius 2 is 1.10 bits per heavy atom. The minimum absolute atomic E-state index is 0.0278. The number of benzene rings is 6. The Labute approximate surface area is 245 Å². The average molecular weight is 544 g/mol. The number of para-hydroxylation sites is 1. The number of rotatable bonds is 4. The molecule has 0 fully saturated rings. The molecule has 0 saturated heterocycles. The molecule has 6 aromatic carbocycles. The third-order valence-electron chi connectivity index (χ3n) is 8.68. The van der Waals surface area contributed by atoms with Gasteiger partial charge in [0.25, 0.3) is 0 Å². The highest BCUT2D eigenvalue weighted by molar-refractivity contribution is 7.25. The lowest BCUT2D eigenvalue weighted by Crippen LogP contribution is -2.14. The number of nitrogens with zero attached hydrogens (tertiary/aromatic N) is 1. The summed E-state index contributed by atoms with van der Waals surface area (Å²) in [4.78, 5) is 2.36. The van der Waals surface area contributed by atoms with Crippen LogP contribution in [-0.4, -0.2) is 0 Å². The molecule has 0 spiro atoms. The van der Waals surface area contributed by atoms with E-state index < -0.39 is 0 Å². The number of hydrogen-bond acceptors (Lipinski definition) is 2. The number of fused-ring (bicyclic) bond motifs is 6. The highest BCUT2D eigenvalue weighted by atomic mass is 32.1. The van der Waals surface area contributed by atoms with Gasteiger partial charge in [0.05, 0.1) is 0 Å². The third-order valence-corrected chi connectivity index (χ3v) is 9.81. The summed E-state index contributed by atoms with van der Waals surface area (Å²) in [5.41, 5.74) is 11.5. The maximum absolute atomic E-state index is 2.38. The highest BCUT2D eigenvalue weighted by Crippen LogP contribution is 2.49. The van der Waals surface area contributed by atoms with E-state index in [9.17, 15) is 0 Å². The van der Waals surface area contributed by atoms with Crippen LogP contribution in [0.1, 0.15) is 25.0 Å². The fourth-order valence-electron chi connectivity index (χ4n) is 6.58. The predicted molar refractivity (Wildman–Crippen MR) is 177 cm³/mol. The molecular weight excluding hydrogens is 515 g/mol. The predicted octanol–water partition coefficient (Wildman–Crippen LogP) is 11.5. The van der Waals surface area contributed by atoms with Crippen LogP contribution in [0.25, 0.3) is 42.4 Å². The summed E-state index contributed by atoms with van der Waals surface area (Å²) in [6.07, 6.45) is 0. The van der Waals surface area contributed by atoms with Gasteiger partial charge in [-0.2, -0.15) is 0 Å². The Bertz CT molecular complexity index is 2070. The minimum atomic E-state index is 0.0278. The van der Waals surface area contributed by atoms with Gasteiger partial charge in [-0.15, -0.1) is 11.3 Å². The second-order valence-corrected chi connectivity index (χ2v) is 12.5. The van der Waals surface area contributed by atoms with Crippen molar-refractivity contribution in [1.82, 2.24) is 0 Å². The van der Waals surface area contributed by atoms with Gasteiger partial charge in [0.1, 0.15) is 0 Å². The van der Waals surface area contributed by atoms with E-state index in [-0.39, 0.29) is 5.41 Å². The van der Waals surface area contributed by atoms with Crippen LogP contribution in [-0.2, 0) is 5.41 Å². The van der Waals surface area contributed by atoms with Gasteiger partial charge in [0.2, 0.25) is 0 Å². The maximum atomic E-state index is 2.38. The fourth-order valence-corrected chi connectivity index (χ4v) is 7.72. The van der Waals surface area contributed by atoms with E-state index in [4.69, 9.17) is 0 Å². The van der Waals surface area contributed by atoms with Gasteiger partial charge in [-0.3, -0.25) is 0 Å². The monoisotopic (exact) mass is 543 g/mol. The van der Waals surface area contributed by atoms with Crippen molar-refractivity contribution in [1.29, 1.82) is 0 Å². The summed E-state index contributed by atoms with van der Waals surface area (Å²) in [6.45, 7) is 4.67. The van der Waals surface area contributed by atoms with Crippen LogP contribution in [0.2, 0.25) is 0 Å². The van der Waals surface area contributed by atoms with Crippen molar-refractivity contribution in [3.63, 3.8) is 0 Å². The van der Waals surface area contributed by atoms with Crippen molar-refractivity contribution >= 4 is 48.6 Å². The number of anilines is 3. The average Bonchev–Trinajstić information content (AvgIpc) is 3.50. The Balaban J connectivity index is 1.20. The molecule has 8 rings (SSSR count). The van der Waals surface area contributed by atoms with Gasteiger partial charge in [0, 0.05) is 42.6 Å². The second kappa shape index (κ2) is 9.19. The molecular formula is C39H29NS. The van der Waals surface area contributed by atoms with E-state index in [2.05, 4.69) is 158 Å². The molecule has 196 valence electrons. The van der Waals surface area contributed by atoms with Crippen LogP contribution in [0.5, 0.6) is 0 Å². The molecule has 0 unspecified atom stereocenters. The molecule has 2 heteroatoms. The summed E-state index contributed by atoms with van der Waals surface area (Å²) >= 11 is 1.86. The summed E-state index contributed by atoms with van der Waals surface area (Å²) in [5.74, 6) is 0. The van der Waals surface area contributed by atoms with Crippen LogP contribution >= 0.6 is 11.3 Å². The SMILES string of the molecule is CC1(C)c2ccccc2-c2cc(-c3ccc(N(c4ccccc4)c4ccc5c(c4)sc4ccccc45)cc3)ccc21. The summed E-state index contributed by atoms with van der Waals surface area (Å²) in [5, 5.41) is 2.65. The standard InChI is InChI=1S/C39H29NS/c1-39(2)35-14-8-6-12-31(35)34-24-27(18-23-36(34)39)26-16-19-29(20-17-26)40(28-10-4-3-5-11-28)30-21-22-33-32-13-7-9-15-37(32)41-38(33)25-30/h3-25H,1-2H3. The van der Waals surface area contributed by atoms with Crippen molar-refractivity contribution in [3.8, 4) is 22.3 Å². The molecule has 1 aromatic heterocycles. The van der Waals surface area contributed by atoms with Gasteiger partial charge in [-0.1, -0.05) is 105 Å². The Hall–Kier alpha value is -4.66. The summed E-state index contributed by atoms with van der Waals surface area (Å²) in [7, 11) is 0. The van der Waals surface area contributed by atoms with Crippen LogP contribution in [0.3, 0.4) is 0 Å². The van der Waals surface area contributed by atoms with Crippen LogP contribution < -0.4 is 4.90 Å². The molecule has 7 aromatic rings. The van der Waals surface area contributed by atoms with Gasteiger partial charge in [-0.05, 0) is 81.9 Å². The quantitative estimate of drug-likeness (QED) is 0.213. The lowest BCUT2D eigenvalue weighted by Gasteiger charge is -2.26. The largest absolute Gasteiger partial charge is 0.310 e. The highest BCUT2D eigenvalue weighted by Gasteiger charge is 2.35. The maximum Gasteiger partial charge on any atom is 0.0476 e. The topological polar surface area (TPSA) is 3.24 Å². The second-order valence-electron chi connectivity index (χ2n) is 11.4. The molecule has 0 radical (unpaired) electrons. The van der Waals surface area contributed by atoms with Crippen molar-refractivity contribution in [2.75, 3.05) is 4.90 Å². The molecule has 0 N–H and O–H groups in total. The van der Waals surface area contributed by atoms with Gasteiger partial charge < -0.3 is 4.90 Å². The van der Waals surface area contributed by atoms with Gasteiger partial charge >= 0.3 is 0 Å². The molecule has 1 nitrogen and oxygen atoms in total. The first kappa shape index (κ1) is 24.2. The lowest BCUT2D eigenvalue weighted by molar-refractivity contribution is 0.660. The molecule has 1 aliphatic rings. The molecule has 1 heterocycles. The van der Waals surface area contributed by atoms with E-state index >= 15 is 0 Å². The van der Waals surface area contributed by atoms with E-state index in [1.165, 1.54) is 59.2 Å². The first-order chi connectivity index (χ1) is 20.1. The zero-order valence-electron chi connectivity index (χ0n) is 23.1. The lowest BCUT2D eigenvalue weighted by atomic mass is 9.82.